The highest BCUT2D eigenvalue weighted by molar-refractivity contribution is 4.99. The molecular formula is C13H25N3. The Morgan fingerprint density at radius 2 is 2.06 bits per heavy atom. The van der Waals surface area contributed by atoms with E-state index in [-0.39, 0.29) is 0 Å². The van der Waals surface area contributed by atoms with Gasteiger partial charge in [0.05, 0.1) is 6.04 Å². The third-order valence-corrected chi connectivity index (χ3v) is 3.59. The van der Waals surface area contributed by atoms with Crippen LogP contribution in [-0.2, 0) is 7.05 Å². The van der Waals surface area contributed by atoms with E-state index < -0.39 is 0 Å². The van der Waals surface area contributed by atoms with E-state index in [1.54, 1.807) is 0 Å². The summed E-state index contributed by atoms with van der Waals surface area (Å²) < 4.78 is 2.09. The molecule has 0 bridgehead atoms. The van der Waals surface area contributed by atoms with Crippen molar-refractivity contribution < 1.29 is 0 Å². The molecular weight excluding hydrogens is 198 g/mol. The Hall–Kier alpha value is -0.830. The largest absolute Gasteiger partial charge is 0.337 e. The number of hydrogen-bond acceptors (Lipinski definition) is 2. The molecule has 1 aromatic heterocycles. The van der Waals surface area contributed by atoms with Gasteiger partial charge in [-0.2, -0.15) is 0 Å². The van der Waals surface area contributed by atoms with Crippen LogP contribution in [0, 0.1) is 11.3 Å². The minimum Gasteiger partial charge on any atom is -0.337 e. The minimum atomic E-state index is 0.342. The Morgan fingerprint density at radius 3 is 2.44 bits per heavy atom. The van der Waals surface area contributed by atoms with Crippen molar-refractivity contribution in [3.05, 3.63) is 18.2 Å². The van der Waals surface area contributed by atoms with Gasteiger partial charge in [-0.25, -0.2) is 4.98 Å². The lowest BCUT2D eigenvalue weighted by Gasteiger charge is -2.30. The van der Waals surface area contributed by atoms with Crippen LogP contribution in [0.1, 0.15) is 46.0 Å². The molecule has 0 saturated heterocycles. The summed E-state index contributed by atoms with van der Waals surface area (Å²) in [5.41, 5.74) is 0.347. The van der Waals surface area contributed by atoms with E-state index in [1.165, 1.54) is 0 Å². The van der Waals surface area contributed by atoms with E-state index in [0.29, 0.717) is 17.4 Å². The molecule has 1 heterocycles. The summed E-state index contributed by atoms with van der Waals surface area (Å²) in [6.45, 7) is 9.20. The summed E-state index contributed by atoms with van der Waals surface area (Å²) in [5.74, 6) is 1.78. The number of hydrogen-bond donors (Lipinski definition) is 1. The highest BCUT2D eigenvalue weighted by Gasteiger charge is 2.25. The molecule has 0 amide bonds. The molecule has 2 unspecified atom stereocenters. The van der Waals surface area contributed by atoms with Gasteiger partial charge in [0.2, 0.25) is 0 Å². The summed E-state index contributed by atoms with van der Waals surface area (Å²) in [4.78, 5) is 4.42. The molecule has 0 aromatic carbocycles. The Morgan fingerprint density at radius 1 is 1.44 bits per heavy atom. The normalized spacial score (nSPS) is 16.1. The predicted octanol–water partition coefficient (Wildman–Crippen LogP) is 2.75. The summed E-state index contributed by atoms with van der Waals surface area (Å²) in [7, 11) is 4.06. The molecule has 0 aliphatic carbocycles. The van der Waals surface area contributed by atoms with Gasteiger partial charge in [-0.15, -0.1) is 0 Å². The molecule has 0 radical (unpaired) electrons. The number of rotatable bonds is 4. The molecule has 2 atom stereocenters. The molecule has 1 rings (SSSR count). The van der Waals surface area contributed by atoms with Crippen molar-refractivity contribution in [1.29, 1.82) is 0 Å². The monoisotopic (exact) mass is 223 g/mol. The van der Waals surface area contributed by atoms with Gasteiger partial charge in [0.1, 0.15) is 5.82 Å². The van der Waals surface area contributed by atoms with E-state index in [4.69, 9.17) is 0 Å². The summed E-state index contributed by atoms with van der Waals surface area (Å²) in [5, 5.41) is 3.36. The molecule has 1 N–H and O–H groups in total. The van der Waals surface area contributed by atoms with Crippen LogP contribution >= 0.6 is 0 Å². The quantitative estimate of drug-likeness (QED) is 0.850. The molecule has 0 aliphatic heterocycles. The second kappa shape index (κ2) is 5.00. The smallest absolute Gasteiger partial charge is 0.125 e. The van der Waals surface area contributed by atoms with Gasteiger partial charge in [-0.05, 0) is 24.8 Å². The Kier molecular flexibility index (Phi) is 4.14. The molecule has 1 aromatic rings. The number of aromatic nitrogens is 2. The van der Waals surface area contributed by atoms with Gasteiger partial charge in [-0.1, -0.05) is 27.7 Å². The van der Waals surface area contributed by atoms with Crippen LogP contribution in [-0.4, -0.2) is 16.6 Å². The van der Waals surface area contributed by atoms with E-state index in [1.807, 2.05) is 19.4 Å². The molecule has 3 nitrogen and oxygen atoms in total. The maximum Gasteiger partial charge on any atom is 0.125 e. The van der Waals surface area contributed by atoms with Crippen molar-refractivity contribution in [1.82, 2.24) is 14.9 Å². The average molecular weight is 223 g/mol. The fraction of sp³-hybridized carbons (Fsp3) is 0.769. The van der Waals surface area contributed by atoms with Crippen LogP contribution in [0.15, 0.2) is 12.4 Å². The molecule has 0 saturated carbocycles. The zero-order chi connectivity index (χ0) is 12.3. The first-order chi connectivity index (χ1) is 7.36. The molecule has 3 heteroatoms. The zero-order valence-corrected chi connectivity index (χ0v) is 11.4. The van der Waals surface area contributed by atoms with Gasteiger partial charge in [0, 0.05) is 19.4 Å². The average Bonchev–Trinajstić information content (AvgIpc) is 2.59. The standard InChI is InChI=1S/C13H25N3/c1-10(13(2,3)4)9-11(14-5)12-15-7-8-16(12)6/h7-8,10-11,14H,9H2,1-6H3. The first-order valence-electron chi connectivity index (χ1n) is 6.00. The predicted molar refractivity (Wildman–Crippen MR) is 68.2 cm³/mol. The first kappa shape index (κ1) is 13.2. The van der Waals surface area contributed by atoms with Crippen LogP contribution in [0.3, 0.4) is 0 Å². The highest BCUT2D eigenvalue weighted by Crippen LogP contribution is 2.32. The Labute approximate surface area is 99.3 Å². The van der Waals surface area contributed by atoms with Crippen molar-refractivity contribution in [3.63, 3.8) is 0 Å². The van der Waals surface area contributed by atoms with E-state index in [0.717, 1.165) is 12.2 Å². The summed E-state index contributed by atoms with van der Waals surface area (Å²) >= 11 is 0. The Bertz CT molecular complexity index is 322. The van der Waals surface area contributed by atoms with Crippen molar-refractivity contribution in [3.8, 4) is 0 Å². The van der Waals surface area contributed by atoms with E-state index >= 15 is 0 Å². The molecule has 16 heavy (non-hydrogen) atoms. The van der Waals surface area contributed by atoms with E-state index in [9.17, 15) is 0 Å². The topological polar surface area (TPSA) is 29.9 Å². The van der Waals surface area contributed by atoms with Gasteiger partial charge < -0.3 is 9.88 Å². The molecule has 0 spiro atoms. The molecule has 92 valence electrons. The van der Waals surface area contributed by atoms with Crippen LogP contribution in [0.2, 0.25) is 0 Å². The van der Waals surface area contributed by atoms with Gasteiger partial charge in [0.15, 0.2) is 0 Å². The zero-order valence-electron chi connectivity index (χ0n) is 11.4. The lowest BCUT2D eigenvalue weighted by molar-refractivity contribution is 0.222. The number of nitrogens with zero attached hydrogens (tertiary/aromatic N) is 2. The van der Waals surface area contributed by atoms with Crippen LogP contribution < -0.4 is 5.32 Å². The van der Waals surface area contributed by atoms with Crippen molar-refractivity contribution in [2.45, 2.75) is 40.2 Å². The third-order valence-electron chi connectivity index (χ3n) is 3.59. The maximum atomic E-state index is 4.42. The van der Waals surface area contributed by atoms with Crippen LogP contribution in [0.5, 0.6) is 0 Å². The van der Waals surface area contributed by atoms with Gasteiger partial charge >= 0.3 is 0 Å². The van der Waals surface area contributed by atoms with Crippen molar-refractivity contribution in [2.75, 3.05) is 7.05 Å². The van der Waals surface area contributed by atoms with Crippen LogP contribution in [0.4, 0.5) is 0 Å². The fourth-order valence-electron chi connectivity index (χ4n) is 1.77. The molecule has 0 aliphatic rings. The summed E-state index contributed by atoms with van der Waals surface area (Å²) in [6.07, 6.45) is 4.98. The number of imidazole rings is 1. The second-order valence-electron chi connectivity index (χ2n) is 5.74. The lowest BCUT2D eigenvalue weighted by Crippen LogP contribution is -2.27. The summed E-state index contributed by atoms with van der Waals surface area (Å²) in [6, 6.07) is 0.342. The Balaban J connectivity index is 2.74. The second-order valence-corrected chi connectivity index (χ2v) is 5.74. The third kappa shape index (κ3) is 3.08. The van der Waals surface area contributed by atoms with Crippen LogP contribution in [0.25, 0.3) is 0 Å². The van der Waals surface area contributed by atoms with Gasteiger partial charge in [0.25, 0.3) is 0 Å². The number of aryl methyl sites for hydroxylation is 1. The molecule has 0 fully saturated rings. The van der Waals surface area contributed by atoms with Crippen molar-refractivity contribution >= 4 is 0 Å². The highest BCUT2D eigenvalue weighted by atomic mass is 15.1. The van der Waals surface area contributed by atoms with Crippen molar-refractivity contribution in [2.24, 2.45) is 18.4 Å². The number of nitrogens with one attached hydrogen (secondary N) is 1. The van der Waals surface area contributed by atoms with E-state index in [2.05, 4.69) is 49.6 Å². The van der Waals surface area contributed by atoms with Gasteiger partial charge in [-0.3, -0.25) is 0 Å². The first-order valence-corrected chi connectivity index (χ1v) is 6.00. The minimum absolute atomic E-state index is 0.342. The maximum absolute atomic E-state index is 4.42. The SMILES string of the molecule is CNC(CC(C)C(C)(C)C)c1nccn1C. The fourth-order valence-corrected chi connectivity index (χ4v) is 1.77. The lowest BCUT2D eigenvalue weighted by atomic mass is 9.78.